The minimum absolute atomic E-state index is 0.0919. The highest BCUT2D eigenvalue weighted by Gasteiger charge is 2.28. The maximum atomic E-state index is 13.6. The minimum atomic E-state index is -4.02. The topological polar surface area (TPSA) is 94.2 Å². The first kappa shape index (κ1) is 25.9. The van der Waals surface area contributed by atoms with Gasteiger partial charge in [0.2, 0.25) is 5.91 Å². The summed E-state index contributed by atoms with van der Waals surface area (Å²) in [6, 6.07) is 17.8. The number of amides is 1. The maximum Gasteiger partial charge on any atom is 0.264 e. The van der Waals surface area contributed by atoms with Crippen molar-refractivity contribution in [2.45, 2.75) is 24.8 Å². The molecule has 0 fully saturated rings. The molecular weight excluding hydrogens is 468 g/mol. The Morgan fingerprint density at radius 3 is 2.06 bits per heavy atom. The molecule has 0 aromatic heterocycles. The molecule has 1 atom stereocenters. The van der Waals surface area contributed by atoms with Gasteiger partial charge in [0, 0.05) is 5.56 Å². The number of anilines is 1. The van der Waals surface area contributed by atoms with Crippen molar-refractivity contribution in [1.82, 2.24) is 5.32 Å². The van der Waals surface area contributed by atoms with Crippen LogP contribution in [0.4, 0.5) is 5.69 Å². The van der Waals surface area contributed by atoms with Crippen molar-refractivity contribution >= 4 is 21.6 Å². The quantitative estimate of drug-likeness (QED) is 0.452. The molecule has 0 saturated carbocycles. The lowest BCUT2D eigenvalue weighted by atomic mass is 10.1. The summed E-state index contributed by atoms with van der Waals surface area (Å²) in [5.41, 5.74) is 1.98. The van der Waals surface area contributed by atoms with E-state index in [1.165, 1.54) is 19.2 Å². The molecule has 9 heteroatoms. The fourth-order valence-corrected chi connectivity index (χ4v) is 5.00. The predicted molar refractivity (Wildman–Crippen MR) is 135 cm³/mol. The van der Waals surface area contributed by atoms with Gasteiger partial charge in [-0.1, -0.05) is 17.7 Å². The van der Waals surface area contributed by atoms with Gasteiger partial charge in [-0.25, -0.2) is 8.42 Å². The van der Waals surface area contributed by atoms with E-state index in [9.17, 15) is 13.2 Å². The van der Waals surface area contributed by atoms with E-state index in [0.717, 1.165) is 9.87 Å². The Kier molecular flexibility index (Phi) is 8.24. The Morgan fingerprint density at radius 2 is 1.49 bits per heavy atom. The van der Waals surface area contributed by atoms with Crippen molar-refractivity contribution < 1.29 is 27.4 Å². The van der Waals surface area contributed by atoms with E-state index in [1.807, 2.05) is 6.92 Å². The molecule has 35 heavy (non-hydrogen) atoms. The standard InChI is InChI=1S/C26H30N2O6S/c1-18-6-13-23(14-7-18)35(30,31)28(20-8-10-21(32-3)11-9-20)17-26(29)27-19(2)24-16-22(33-4)12-15-25(24)34-5/h6-16,19H,17H2,1-5H3,(H,27,29). The van der Waals surface area contributed by atoms with Crippen molar-refractivity contribution in [2.75, 3.05) is 32.2 Å². The fourth-order valence-electron chi connectivity index (χ4n) is 3.57. The second-order valence-electron chi connectivity index (χ2n) is 7.92. The zero-order valence-electron chi connectivity index (χ0n) is 20.4. The number of nitrogens with one attached hydrogen (secondary N) is 1. The van der Waals surface area contributed by atoms with E-state index in [2.05, 4.69) is 5.32 Å². The summed E-state index contributed by atoms with van der Waals surface area (Å²) >= 11 is 0. The van der Waals surface area contributed by atoms with E-state index < -0.39 is 28.5 Å². The molecule has 0 radical (unpaired) electrons. The Hall–Kier alpha value is -3.72. The SMILES string of the molecule is COc1ccc(N(CC(=O)NC(C)c2cc(OC)ccc2OC)S(=O)(=O)c2ccc(C)cc2)cc1. The van der Waals surface area contributed by atoms with Gasteiger partial charge in [0.25, 0.3) is 10.0 Å². The molecule has 1 unspecified atom stereocenters. The smallest absolute Gasteiger partial charge is 0.264 e. The number of hydrogen-bond acceptors (Lipinski definition) is 6. The summed E-state index contributed by atoms with van der Waals surface area (Å²) in [6.45, 7) is 3.25. The van der Waals surface area contributed by atoms with Crippen LogP contribution in [0.2, 0.25) is 0 Å². The average molecular weight is 499 g/mol. The second-order valence-corrected chi connectivity index (χ2v) is 9.78. The van der Waals surface area contributed by atoms with Crippen molar-refractivity contribution in [3.05, 3.63) is 77.9 Å². The minimum Gasteiger partial charge on any atom is -0.497 e. The molecule has 0 aliphatic rings. The molecule has 0 spiro atoms. The number of benzene rings is 3. The van der Waals surface area contributed by atoms with Gasteiger partial charge >= 0.3 is 0 Å². The van der Waals surface area contributed by atoms with Crippen LogP contribution in [0.3, 0.4) is 0 Å². The molecule has 1 amide bonds. The summed E-state index contributed by atoms with van der Waals surface area (Å²) in [5.74, 6) is 1.29. The van der Waals surface area contributed by atoms with Crippen molar-refractivity contribution in [3.8, 4) is 17.2 Å². The van der Waals surface area contributed by atoms with Crippen LogP contribution in [0, 0.1) is 6.92 Å². The van der Waals surface area contributed by atoms with Crippen LogP contribution in [0.1, 0.15) is 24.1 Å². The first-order chi connectivity index (χ1) is 16.7. The van der Waals surface area contributed by atoms with Crippen molar-refractivity contribution in [3.63, 3.8) is 0 Å². The summed E-state index contributed by atoms with van der Waals surface area (Å²) in [6.07, 6.45) is 0. The zero-order valence-corrected chi connectivity index (χ0v) is 21.3. The van der Waals surface area contributed by atoms with E-state index in [0.29, 0.717) is 28.5 Å². The van der Waals surface area contributed by atoms with Crippen molar-refractivity contribution in [2.24, 2.45) is 0 Å². The van der Waals surface area contributed by atoms with Crippen LogP contribution >= 0.6 is 0 Å². The second kappa shape index (κ2) is 11.1. The van der Waals surface area contributed by atoms with Gasteiger partial charge in [-0.15, -0.1) is 0 Å². The van der Waals surface area contributed by atoms with Gasteiger partial charge in [0.05, 0.1) is 38.0 Å². The largest absolute Gasteiger partial charge is 0.497 e. The number of ether oxygens (including phenoxy) is 3. The molecule has 0 bridgehead atoms. The number of aryl methyl sites for hydroxylation is 1. The highest BCUT2D eigenvalue weighted by Crippen LogP contribution is 2.30. The summed E-state index contributed by atoms with van der Waals surface area (Å²) in [5, 5.41) is 2.87. The molecule has 3 rings (SSSR count). The number of hydrogen-bond donors (Lipinski definition) is 1. The van der Waals surface area contributed by atoms with Crippen LogP contribution in [0.15, 0.2) is 71.6 Å². The zero-order chi connectivity index (χ0) is 25.6. The highest BCUT2D eigenvalue weighted by atomic mass is 32.2. The number of methoxy groups -OCH3 is 3. The molecule has 8 nitrogen and oxygen atoms in total. The van der Waals surface area contributed by atoms with Gasteiger partial charge in [0.15, 0.2) is 0 Å². The fraction of sp³-hybridized carbons (Fsp3) is 0.269. The highest BCUT2D eigenvalue weighted by molar-refractivity contribution is 7.92. The molecule has 3 aromatic carbocycles. The Bertz CT molecular complexity index is 1260. The van der Waals surface area contributed by atoms with Gasteiger partial charge in [-0.05, 0) is 68.4 Å². The molecule has 186 valence electrons. The monoisotopic (exact) mass is 498 g/mol. The molecule has 0 saturated heterocycles. The molecule has 3 aromatic rings. The molecule has 1 N–H and O–H groups in total. The van der Waals surface area contributed by atoms with Gasteiger partial charge in [0.1, 0.15) is 23.8 Å². The van der Waals surface area contributed by atoms with Crippen LogP contribution in [0.5, 0.6) is 17.2 Å². The van der Waals surface area contributed by atoms with Gasteiger partial charge in [-0.3, -0.25) is 9.10 Å². The normalized spacial score (nSPS) is 11.9. The first-order valence-electron chi connectivity index (χ1n) is 10.9. The van der Waals surface area contributed by atoms with E-state index in [-0.39, 0.29) is 4.90 Å². The number of carbonyl (C=O) groups is 1. The van der Waals surface area contributed by atoms with Crippen molar-refractivity contribution in [1.29, 1.82) is 0 Å². The third kappa shape index (κ3) is 6.05. The Balaban J connectivity index is 1.91. The molecule has 0 aliphatic carbocycles. The Labute approximate surface area is 206 Å². The number of carbonyl (C=O) groups excluding carboxylic acids is 1. The van der Waals surface area contributed by atoms with E-state index in [4.69, 9.17) is 14.2 Å². The summed E-state index contributed by atoms with van der Waals surface area (Å²) in [4.78, 5) is 13.2. The molecule has 0 aliphatic heterocycles. The van der Waals surface area contributed by atoms with Crippen LogP contribution in [-0.4, -0.2) is 42.2 Å². The Morgan fingerprint density at radius 1 is 0.886 bits per heavy atom. The van der Waals surface area contributed by atoms with Crippen LogP contribution in [0.25, 0.3) is 0 Å². The third-order valence-electron chi connectivity index (χ3n) is 5.54. The number of nitrogens with zero attached hydrogens (tertiary/aromatic N) is 1. The lowest BCUT2D eigenvalue weighted by molar-refractivity contribution is -0.120. The molecule has 0 heterocycles. The molecular formula is C26H30N2O6S. The number of rotatable bonds is 10. The van der Waals surface area contributed by atoms with Gasteiger partial charge in [-0.2, -0.15) is 0 Å². The van der Waals surface area contributed by atoms with Gasteiger partial charge < -0.3 is 19.5 Å². The first-order valence-corrected chi connectivity index (χ1v) is 12.4. The van der Waals surface area contributed by atoms with Crippen LogP contribution < -0.4 is 23.8 Å². The lowest BCUT2D eigenvalue weighted by Crippen LogP contribution is -2.41. The third-order valence-corrected chi connectivity index (χ3v) is 7.33. The van der Waals surface area contributed by atoms with Crippen LogP contribution in [-0.2, 0) is 14.8 Å². The van der Waals surface area contributed by atoms with E-state index >= 15 is 0 Å². The average Bonchev–Trinajstić information content (AvgIpc) is 2.87. The predicted octanol–water partition coefficient (Wildman–Crippen LogP) is 4.09. The maximum absolute atomic E-state index is 13.6. The summed E-state index contributed by atoms with van der Waals surface area (Å²) < 4.78 is 44.1. The number of sulfonamides is 1. The summed E-state index contributed by atoms with van der Waals surface area (Å²) in [7, 11) is 0.597. The lowest BCUT2D eigenvalue weighted by Gasteiger charge is -2.25. The van der Waals surface area contributed by atoms with E-state index in [1.54, 1.807) is 75.7 Å².